The lowest BCUT2D eigenvalue weighted by Gasteiger charge is -2.21. The number of aliphatic imine (C=N–C) groups is 1. The predicted octanol–water partition coefficient (Wildman–Crippen LogP) is -3.23. The monoisotopic (exact) mass is 477 g/mol. The summed E-state index contributed by atoms with van der Waals surface area (Å²) in [6.45, 7) is -0.318. The van der Waals surface area contributed by atoms with Crippen LogP contribution in [0.25, 0.3) is 0 Å². The summed E-state index contributed by atoms with van der Waals surface area (Å²) in [4.78, 5) is 62.4. The Morgan fingerprint density at radius 3 is 2.19 bits per heavy atom. The van der Waals surface area contributed by atoms with Gasteiger partial charge in [-0.2, -0.15) is 11.8 Å². The second kappa shape index (κ2) is 15.7. The number of hydrogen-bond acceptors (Lipinski definition) is 8. The standard InChI is InChI=1S/C17H31N7O7S/c1-32-6-4-9(18)14(28)22-8-12(25)23-10(3-2-5-21-17(19)20)15(29)24-11(16(30)31)7-13(26)27/h9-11H,2-8,18H2,1H3,(H,22,28)(H,23,25)(H,24,29)(H,26,27)(H,30,31)(H4,19,20,21). The summed E-state index contributed by atoms with van der Waals surface area (Å²) in [5.74, 6) is -4.62. The van der Waals surface area contributed by atoms with E-state index in [2.05, 4.69) is 20.9 Å². The van der Waals surface area contributed by atoms with Gasteiger partial charge in [-0.1, -0.05) is 0 Å². The van der Waals surface area contributed by atoms with Crippen LogP contribution in [-0.2, 0) is 24.0 Å². The average Bonchev–Trinajstić information content (AvgIpc) is 2.70. The number of carbonyl (C=O) groups is 5. The molecule has 0 heterocycles. The van der Waals surface area contributed by atoms with Crippen LogP contribution in [0.2, 0.25) is 0 Å². The highest BCUT2D eigenvalue weighted by Gasteiger charge is 2.28. The molecule has 0 fully saturated rings. The zero-order chi connectivity index (χ0) is 24.7. The van der Waals surface area contributed by atoms with Crippen molar-refractivity contribution in [2.45, 2.75) is 43.8 Å². The number of aliphatic carboxylic acids is 2. The first kappa shape index (κ1) is 28.9. The molecule has 3 unspecified atom stereocenters. The van der Waals surface area contributed by atoms with Crippen molar-refractivity contribution >= 4 is 47.4 Å². The van der Waals surface area contributed by atoms with E-state index in [-0.39, 0.29) is 25.3 Å². The van der Waals surface area contributed by atoms with Gasteiger partial charge in [0.05, 0.1) is 19.0 Å². The fourth-order valence-corrected chi connectivity index (χ4v) is 2.83. The smallest absolute Gasteiger partial charge is 0.326 e. The van der Waals surface area contributed by atoms with Gasteiger partial charge in [-0.05, 0) is 31.3 Å². The van der Waals surface area contributed by atoms with Crippen LogP contribution >= 0.6 is 11.8 Å². The summed E-state index contributed by atoms with van der Waals surface area (Å²) in [6, 6.07) is -3.69. The average molecular weight is 478 g/mol. The Bertz CT molecular complexity index is 701. The molecule has 3 amide bonds. The summed E-state index contributed by atoms with van der Waals surface area (Å²) >= 11 is 1.52. The van der Waals surface area contributed by atoms with Crippen LogP contribution in [0.15, 0.2) is 4.99 Å². The Morgan fingerprint density at radius 1 is 1.00 bits per heavy atom. The lowest BCUT2D eigenvalue weighted by molar-refractivity contribution is -0.147. The number of nitrogens with zero attached hydrogens (tertiary/aromatic N) is 1. The summed E-state index contributed by atoms with van der Waals surface area (Å²) in [5.41, 5.74) is 16.2. The summed E-state index contributed by atoms with van der Waals surface area (Å²) in [7, 11) is 0. The lowest BCUT2D eigenvalue weighted by atomic mass is 10.1. The number of rotatable bonds is 16. The van der Waals surface area contributed by atoms with Crippen molar-refractivity contribution < 1.29 is 34.2 Å². The quantitative estimate of drug-likeness (QED) is 0.0622. The normalized spacial score (nSPS) is 13.2. The molecule has 14 nitrogen and oxygen atoms in total. The molecule has 0 saturated heterocycles. The van der Waals surface area contributed by atoms with Crippen LogP contribution in [0.5, 0.6) is 0 Å². The third kappa shape index (κ3) is 13.3. The number of thioether (sulfide) groups is 1. The summed E-state index contributed by atoms with van der Waals surface area (Å²) in [5, 5.41) is 24.7. The minimum Gasteiger partial charge on any atom is -0.481 e. The van der Waals surface area contributed by atoms with E-state index in [0.717, 1.165) is 0 Å². The van der Waals surface area contributed by atoms with Gasteiger partial charge in [-0.3, -0.25) is 24.2 Å². The molecule has 0 aromatic carbocycles. The van der Waals surface area contributed by atoms with Gasteiger partial charge in [0.15, 0.2) is 5.96 Å². The first-order valence-electron chi connectivity index (χ1n) is 9.59. The number of amides is 3. The Balaban J connectivity index is 5.03. The highest BCUT2D eigenvalue weighted by atomic mass is 32.2. The van der Waals surface area contributed by atoms with Gasteiger partial charge in [-0.25, -0.2) is 4.79 Å². The maximum atomic E-state index is 12.5. The molecule has 0 aliphatic carbocycles. The Labute approximate surface area is 189 Å². The molecule has 0 aromatic heterocycles. The van der Waals surface area contributed by atoms with Crippen molar-refractivity contribution in [2.24, 2.45) is 22.2 Å². The topological polar surface area (TPSA) is 252 Å². The van der Waals surface area contributed by atoms with Crippen LogP contribution in [-0.4, -0.2) is 89.1 Å². The van der Waals surface area contributed by atoms with Gasteiger partial charge in [0.2, 0.25) is 17.7 Å². The SMILES string of the molecule is CSCCC(N)C(=O)NCC(=O)NC(CCCN=C(N)N)C(=O)NC(CC(=O)O)C(=O)O. The number of carboxylic acids is 2. The minimum atomic E-state index is -1.69. The van der Waals surface area contributed by atoms with Gasteiger partial charge in [0, 0.05) is 6.54 Å². The Hall–Kier alpha value is -3.07. The van der Waals surface area contributed by atoms with Crippen molar-refractivity contribution in [3.63, 3.8) is 0 Å². The van der Waals surface area contributed by atoms with E-state index in [1.807, 2.05) is 6.26 Å². The van der Waals surface area contributed by atoms with Crippen molar-refractivity contribution in [3.05, 3.63) is 0 Å². The predicted molar refractivity (Wildman–Crippen MR) is 118 cm³/mol. The van der Waals surface area contributed by atoms with Crippen molar-refractivity contribution in [2.75, 3.05) is 25.1 Å². The highest BCUT2D eigenvalue weighted by molar-refractivity contribution is 7.98. The van der Waals surface area contributed by atoms with E-state index >= 15 is 0 Å². The molecular formula is C17H31N7O7S. The van der Waals surface area contributed by atoms with E-state index in [9.17, 15) is 24.0 Å². The maximum absolute atomic E-state index is 12.5. The molecule has 0 radical (unpaired) electrons. The molecule has 0 spiro atoms. The molecule has 15 heteroatoms. The first-order valence-corrected chi connectivity index (χ1v) is 11.0. The van der Waals surface area contributed by atoms with Crippen LogP contribution < -0.4 is 33.2 Å². The molecule has 0 aliphatic heterocycles. The first-order chi connectivity index (χ1) is 15.0. The van der Waals surface area contributed by atoms with Crippen LogP contribution in [0.4, 0.5) is 0 Å². The number of nitrogens with two attached hydrogens (primary N) is 3. The van der Waals surface area contributed by atoms with Crippen LogP contribution in [0.1, 0.15) is 25.7 Å². The fraction of sp³-hybridized carbons (Fsp3) is 0.647. The van der Waals surface area contributed by atoms with E-state index in [4.69, 9.17) is 27.4 Å². The molecule has 3 atom stereocenters. The van der Waals surface area contributed by atoms with Gasteiger partial charge >= 0.3 is 11.9 Å². The van der Waals surface area contributed by atoms with Gasteiger partial charge in [-0.15, -0.1) is 0 Å². The third-order valence-electron chi connectivity index (χ3n) is 3.98. The molecular weight excluding hydrogens is 446 g/mol. The van der Waals surface area contributed by atoms with Crippen LogP contribution in [0, 0.1) is 0 Å². The fourth-order valence-electron chi connectivity index (χ4n) is 2.34. The zero-order valence-electron chi connectivity index (χ0n) is 17.7. The largest absolute Gasteiger partial charge is 0.481 e. The minimum absolute atomic E-state index is 0.0228. The van der Waals surface area contributed by atoms with Gasteiger partial charge in [0.25, 0.3) is 0 Å². The summed E-state index contributed by atoms with van der Waals surface area (Å²) in [6.07, 6.45) is 1.71. The number of guanidine groups is 1. The summed E-state index contributed by atoms with van der Waals surface area (Å²) < 4.78 is 0. The molecule has 0 saturated carbocycles. The van der Waals surface area contributed by atoms with Crippen LogP contribution in [0.3, 0.4) is 0 Å². The van der Waals surface area contributed by atoms with Crippen molar-refractivity contribution in [1.29, 1.82) is 0 Å². The maximum Gasteiger partial charge on any atom is 0.326 e. The van der Waals surface area contributed by atoms with Crippen molar-refractivity contribution in [1.82, 2.24) is 16.0 Å². The van der Waals surface area contributed by atoms with Gasteiger partial charge in [0.1, 0.15) is 12.1 Å². The zero-order valence-corrected chi connectivity index (χ0v) is 18.5. The van der Waals surface area contributed by atoms with E-state index in [0.29, 0.717) is 12.2 Å². The van der Waals surface area contributed by atoms with E-state index in [1.54, 1.807) is 0 Å². The Kier molecular flexibility index (Phi) is 14.2. The number of carboxylic acid groups (broad SMARTS) is 2. The number of nitrogens with one attached hydrogen (secondary N) is 3. The second-order valence-electron chi connectivity index (χ2n) is 6.67. The molecule has 0 rings (SSSR count). The molecule has 0 bridgehead atoms. The molecule has 0 aliphatic rings. The number of hydrogen-bond donors (Lipinski definition) is 8. The molecule has 11 N–H and O–H groups in total. The third-order valence-corrected chi connectivity index (χ3v) is 4.63. The highest BCUT2D eigenvalue weighted by Crippen LogP contribution is 2.02. The van der Waals surface area contributed by atoms with Gasteiger partial charge < -0.3 is 43.4 Å². The second-order valence-corrected chi connectivity index (χ2v) is 7.66. The lowest BCUT2D eigenvalue weighted by Crippen LogP contribution is -2.54. The number of carbonyl (C=O) groups excluding carboxylic acids is 3. The van der Waals surface area contributed by atoms with E-state index < -0.39 is 60.8 Å². The Morgan fingerprint density at radius 2 is 1.66 bits per heavy atom. The molecule has 182 valence electrons. The molecule has 0 aromatic rings. The van der Waals surface area contributed by atoms with E-state index in [1.165, 1.54) is 11.8 Å². The molecule has 32 heavy (non-hydrogen) atoms. The van der Waals surface area contributed by atoms with Crippen molar-refractivity contribution in [3.8, 4) is 0 Å².